The highest BCUT2D eigenvalue weighted by Gasteiger charge is 2.54. The lowest BCUT2D eigenvalue weighted by atomic mass is 9.82. The molecule has 4 atom stereocenters. The average Bonchev–Trinajstić information content (AvgIpc) is 3.05. The molecule has 2 aliphatic carbocycles. The fourth-order valence-electron chi connectivity index (χ4n) is 3.90. The number of amides is 1. The van der Waals surface area contributed by atoms with Crippen LogP contribution >= 0.6 is 0 Å². The number of aliphatic carboxylic acids is 1. The Bertz CT molecular complexity index is 711. The summed E-state index contributed by atoms with van der Waals surface area (Å²) in [5.41, 5.74) is 4.03. The summed E-state index contributed by atoms with van der Waals surface area (Å²) in [5, 5.41) is 12.5. The highest BCUT2D eigenvalue weighted by atomic mass is 16.4. The Kier molecular flexibility index (Phi) is 3.84. The van der Waals surface area contributed by atoms with Gasteiger partial charge in [-0.2, -0.15) is 0 Å². The molecule has 4 heteroatoms. The number of anilines is 1. The van der Waals surface area contributed by atoms with Crippen LogP contribution in [0.2, 0.25) is 0 Å². The quantitative estimate of drug-likeness (QED) is 0.841. The molecule has 0 unspecified atom stereocenters. The molecule has 2 aliphatic rings. The van der Waals surface area contributed by atoms with Crippen molar-refractivity contribution in [2.75, 3.05) is 5.32 Å². The third-order valence-corrected chi connectivity index (χ3v) is 4.89. The number of benzene rings is 1. The minimum Gasteiger partial charge on any atom is -0.481 e. The number of allylic oxidation sites excluding steroid dienone is 4. The second kappa shape index (κ2) is 5.69. The van der Waals surface area contributed by atoms with Gasteiger partial charge >= 0.3 is 5.97 Å². The molecule has 1 amide bonds. The first-order valence-electron chi connectivity index (χ1n) is 7.86. The highest BCUT2D eigenvalue weighted by Crippen LogP contribution is 2.53. The molecule has 3 rings (SSSR count). The maximum atomic E-state index is 12.7. The van der Waals surface area contributed by atoms with Crippen LogP contribution in [0.3, 0.4) is 0 Å². The largest absolute Gasteiger partial charge is 0.481 e. The molecule has 1 fully saturated rings. The number of fused-ring (bicyclic) bond motifs is 2. The van der Waals surface area contributed by atoms with Gasteiger partial charge < -0.3 is 10.4 Å². The van der Waals surface area contributed by atoms with Gasteiger partial charge in [0.25, 0.3) is 0 Å². The number of rotatable bonds is 3. The lowest BCUT2D eigenvalue weighted by Gasteiger charge is -2.23. The van der Waals surface area contributed by atoms with Crippen molar-refractivity contribution >= 4 is 17.6 Å². The Labute approximate surface area is 135 Å². The number of carboxylic acids is 1. The normalized spacial score (nSPS) is 28.0. The molecule has 120 valence electrons. The summed E-state index contributed by atoms with van der Waals surface area (Å²) in [4.78, 5) is 24.5. The molecule has 2 bridgehead atoms. The van der Waals surface area contributed by atoms with Gasteiger partial charge in [-0.25, -0.2) is 0 Å². The van der Waals surface area contributed by atoms with Crippen LogP contribution in [0.5, 0.6) is 0 Å². The Hall–Kier alpha value is -2.36. The Morgan fingerprint density at radius 1 is 1.00 bits per heavy atom. The molecule has 1 aromatic carbocycles. The zero-order valence-corrected chi connectivity index (χ0v) is 13.5. The molecule has 0 aliphatic heterocycles. The second-order valence-corrected chi connectivity index (χ2v) is 6.64. The zero-order valence-electron chi connectivity index (χ0n) is 13.5. The molecule has 0 aromatic heterocycles. The predicted molar refractivity (Wildman–Crippen MR) is 88.9 cm³/mol. The monoisotopic (exact) mass is 311 g/mol. The summed E-state index contributed by atoms with van der Waals surface area (Å²) < 4.78 is 0. The first kappa shape index (κ1) is 15.5. The van der Waals surface area contributed by atoms with Gasteiger partial charge in [-0.3, -0.25) is 9.59 Å². The fraction of sp³-hybridized carbons (Fsp3) is 0.368. The number of carbonyl (C=O) groups is 2. The van der Waals surface area contributed by atoms with Crippen molar-refractivity contribution in [3.8, 4) is 0 Å². The van der Waals surface area contributed by atoms with Crippen molar-refractivity contribution in [1.82, 2.24) is 0 Å². The van der Waals surface area contributed by atoms with Gasteiger partial charge in [0.1, 0.15) is 0 Å². The molecule has 23 heavy (non-hydrogen) atoms. The van der Waals surface area contributed by atoms with E-state index >= 15 is 0 Å². The minimum absolute atomic E-state index is 0.100. The van der Waals surface area contributed by atoms with Gasteiger partial charge in [0.2, 0.25) is 5.91 Å². The number of aryl methyl sites for hydroxylation is 1. The maximum absolute atomic E-state index is 12.7. The number of hydrogen-bond acceptors (Lipinski definition) is 2. The zero-order chi connectivity index (χ0) is 16.7. The second-order valence-electron chi connectivity index (χ2n) is 6.64. The molecular formula is C19H21NO3. The van der Waals surface area contributed by atoms with Crippen LogP contribution in [0.4, 0.5) is 5.69 Å². The third kappa shape index (κ3) is 2.58. The van der Waals surface area contributed by atoms with E-state index in [2.05, 4.69) is 5.32 Å². The Morgan fingerprint density at radius 3 is 2.09 bits per heavy atom. The van der Waals surface area contributed by atoms with E-state index < -0.39 is 17.8 Å². The van der Waals surface area contributed by atoms with Crippen LogP contribution in [0.25, 0.3) is 0 Å². The first-order chi connectivity index (χ1) is 10.9. The van der Waals surface area contributed by atoms with Crippen molar-refractivity contribution in [3.05, 3.63) is 53.1 Å². The molecule has 0 saturated heterocycles. The van der Waals surface area contributed by atoms with Crippen LogP contribution in [0.15, 0.2) is 47.6 Å². The lowest BCUT2D eigenvalue weighted by Crippen LogP contribution is -2.36. The van der Waals surface area contributed by atoms with Gasteiger partial charge in [-0.1, -0.05) is 41.0 Å². The highest BCUT2D eigenvalue weighted by molar-refractivity contribution is 5.97. The summed E-state index contributed by atoms with van der Waals surface area (Å²) in [7, 11) is 0. The van der Waals surface area contributed by atoms with E-state index in [9.17, 15) is 14.7 Å². The SMILES string of the molecule is CC(C)=C1[C@H]2C=C[C@@H]1[C@@H](C(=O)Nc1ccc(C)cc1)[C@H]2C(=O)O. The molecule has 0 radical (unpaired) electrons. The van der Waals surface area contributed by atoms with E-state index in [1.807, 2.05) is 57.2 Å². The van der Waals surface area contributed by atoms with E-state index in [0.29, 0.717) is 5.69 Å². The molecule has 1 aromatic rings. The summed E-state index contributed by atoms with van der Waals surface area (Å²) >= 11 is 0. The van der Waals surface area contributed by atoms with Crippen LogP contribution < -0.4 is 5.32 Å². The number of hydrogen-bond donors (Lipinski definition) is 2. The maximum Gasteiger partial charge on any atom is 0.308 e. The molecule has 1 saturated carbocycles. The van der Waals surface area contributed by atoms with E-state index in [1.165, 1.54) is 0 Å². The number of nitrogens with one attached hydrogen (secondary N) is 1. The molecule has 4 nitrogen and oxygen atoms in total. The fourth-order valence-corrected chi connectivity index (χ4v) is 3.90. The average molecular weight is 311 g/mol. The van der Waals surface area contributed by atoms with E-state index in [-0.39, 0.29) is 17.7 Å². The van der Waals surface area contributed by atoms with Gasteiger partial charge in [0.05, 0.1) is 11.8 Å². The standard InChI is InChI=1S/C19H21NO3/c1-10(2)15-13-8-9-14(15)17(19(22)23)16(13)18(21)20-12-6-4-11(3)5-7-12/h4-9,13-14,16-17H,1-3H3,(H,20,21)(H,22,23)/t13-,14+,16+,17-/m0/s1. The minimum atomic E-state index is -0.898. The first-order valence-corrected chi connectivity index (χ1v) is 7.86. The van der Waals surface area contributed by atoms with Gasteiger partial charge in [0, 0.05) is 17.5 Å². The van der Waals surface area contributed by atoms with Crippen molar-refractivity contribution in [3.63, 3.8) is 0 Å². The van der Waals surface area contributed by atoms with E-state index in [4.69, 9.17) is 0 Å². The predicted octanol–water partition coefficient (Wildman–Crippen LogP) is 3.40. The van der Waals surface area contributed by atoms with Crippen LogP contribution in [0, 0.1) is 30.6 Å². The Balaban J connectivity index is 1.89. The molecule has 2 N–H and O–H groups in total. The summed E-state index contributed by atoms with van der Waals surface area (Å²) in [6.07, 6.45) is 3.94. The lowest BCUT2D eigenvalue weighted by molar-refractivity contribution is -0.146. The van der Waals surface area contributed by atoms with Crippen molar-refractivity contribution in [1.29, 1.82) is 0 Å². The summed E-state index contributed by atoms with van der Waals surface area (Å²) in [5.74, 6) is -2.59. The van der Waals surface area contributed by atoms with Gasteiger partial charge in [-0.15, -0.1) is 0 Å². The van der Waals surface area contributed by atoms with Crippen molar-refractivity contribution < 1.29 is 14.7 Å². The Morgan fingerprint density at radius 2 is 1.57 bits per heavy atom. The van der Waals surface area contributed by atoms with E-state index in [1.54, 1.807) is 0 Å². The topological polar surface area (TPSA) is 66.4 Å². The number of carboxylic acid groups (broad SMARTS) is 1. The molecule has 0 spiro atoms. The van der Waals surface area contributed by atoms with Crippen LogP contribution in [-0.2, 0) is 9.59 Å². The van der Waals surface area contributed by atoms with Crippen molar-refractivity contribution in [2.45, 2.75) is 20.8 Å². The number of carbonyl (C=O) groups excluding carboxylic acids is 1. The smallest absolute Gasteiger partial charge is 0.308 e. The van der Waals surface area contributed by atoms with Crippen molar-refractivity contribution in [2.24, 2.45) is 23.7 Å². The van der Waals surface area contributed by atoms with Crippen LogP contribution in [0.1, 0.15) is 19.4 Å². The summed E-state index contributed by atoms with van der Waals surface area (Å²) in [6, 6.07) is 7.53. The van der Waals surface area contributed by atoms with Gasteiger partial charge in [0.15, 0.2) is 0 Å². The van der Waals surface area contributed by atoms with E-state index in [0.717, 1.165) is 16.7 Å². The third-order valence-electron chi connectivity index (χ3n) is 4.89. The van der Waals surface area contributed by atoms with Crippen LogP contribution in [-0.4, -0.2) is 17.0 Å². The summed E-state index contributed by atoms with van der Waals surface area (Å²) in [6.45, 7) is 5.96. The van der Waals surface area contributed by atoms with Gasteiger partial charge in [-0.05, 0) is 32.9 Å². The molecule has 0 heterocycles. The molecular weight excluding hydrogens is 290 g/mol.